The Kier molecular flexibility index (Phi) is 10.4. The molecule has 1 amide bonds. The van der Waals surface area contributed by atoms with Crippen LogP contribution in [0.15, 0.2) is 37.1 Å². The van der Waals surface area contributed by atoms with E-state index in [2.05, 4.69) is 32.4 Å². The molecule has 2 atom stereocenters. The number of halogens is 2. The molecule has 2 aliphatic heterocycles. The third-order valence-corrected chi connectivity index (χ3v) is 8.32. The van der Waals surface area contributed by atoms with Gasteiger partial charge in [0.1, 0.15) is 23.1 Å². The van der Waals surface area contributed by atoms with Crippen LogP contribution in [0.5, 0.6) is 11.5 Å². The summed E-state index contributed by atoms with van der Waals surface area (Å²) in [4.78, 5) is 24.0. The zero-order valence-electron chi connectivity index (χ0n) is 24.3. The molecule has 2 fully saturated rings. The van der Waals surface area contributed by atoms with Crippen molar-refractivity contribution in [2.75, 3.05) is 77.5 Å². The van der Waals surface area contributed by atoms with E-state index in [9.17, 15) is 4.79 Å². The van der Waals surface area contributed by atoms with Gasteiger partial charge in [0.25, 0.3) is 0 Å². The number of nitrogens with one attached hydrogen (secondary N) is 3. The lowest BCUT2D eigenvalue weighted by Crippen LogP contribution is -2.52. The molecule has 13 heteroatoms. The summed E-state index contributed by atoms with van der Waals surface area (Å²) in [5.41, 5.74) is 1.05. The highest BCUT2D eigenvalue weighted by molar-refractivity contribution is 6.41. The Bertz CT molecular complexity index is 1440. The Balaban J connectivity index is 1.51. The van der Waals surface area contributed by atoms with Gasteiger partial charge in [-0.1, -0.05) is 29.8 Å². The number of anilines is 2. The summed E-state index contributed by atoms with van der Waals surface area (Å²) >= 11 is 13.5. The van der Waals surface area contributed by atoms with Gasteiger partial charge in [0.15, 0.2) is 0 Å². The monoisotopic (exact) mass is 630 g/mol. The largest absolute Gasteiger partial charge is 0.495 e. The number of amides is 1. The fourth-order valence-corrected chi connectivity index (χ4v) is 5.93. The van der Waals surface area contributed by atoms with Crippen molar-refractivity contribution in [3.8, 4) is 22.8 Å². The van der Waals surface area contributed by atoms with E-state index in [0.717, 1.165) is 43.6 Å². The number of ether oxygens (including phenoxy) is 4. The Morgan fingerprint density at radius 1 is 1.09 bits per heavy atom. The van der Waals surface area contributed by atoms with Gasteiger partial charge in [-0.2, -0.15) is 0 Å². The zero-order valence-corrected chi connectivity index (χ0v) is 25.8. The van der Waals surface area contributed by atoms with Crippen molar-refractivity contribution >= 4 is 51.5 Å². The average Bonchev–Trinajstić information content (AvgIpc) is 3.03. The van der Waals surface area contributed by atoms with Gasteiger partial charge in [-0.05, 0) is 24.6 Å². The highest BCUT2D eigenvalue weighted by atomic mass is 35.5. The minimum atomic E-state index is -0.222. The van der Waals surface area contributed by atoms with Gasteiger partial charge in [-0.3, -0.25) is 9.69 Å². The molecule has 5 rings (SSSR count). The molecular formula is C30H36Cl2N6O5. The van der Waals surface area contributed by atoms with Crippen LogP contribution in [0.25, 0.3) is 22.0 Å². The van der Waals surface area contributed by atoms with Crippen molar-refractivity contribution in [1.82, 2.24) is 20.2 Å². The van der Waals surface area contributed by atoms with Gasteiger partial charge in [-0.15, -0.1) is 0 Å². The number of morpholine rings is 1. The van der Waals surface area contributed by atoms with Crippen LogP contribution >= 0.6 is 23.2 Å². The number of aromatic nitrogens is 2. The van der Waals surface area contributed by atoms with Gasteiger partial charge < -0.3 is 34.9 Å². The molecule has 230 valence electrons. The number of benzene rings is 1. The normalized spacial score (nSPS) is 19.1. The van der Waals surface area contributed by atoms with Crippen molar-refractivity contribution in [1.29, 1.82) is 0 Å². The zero-order chi connectivity index (χ0) is 30.3. The molecule has 0 bridgehead atoms. The second-order valence-electron chi connectivity index (χ2n) is 10.2. The Labute approximate surface area is 260 Å². The molecule has 0 saturated carbocycles. The fourth-order valence-electron chi connectivity index (χ4n) is 5.24. The summed E-state index contributed by atoms with van der Waals surface area (Å²) in [7, 11) is 3.07. The average molecular weight is 632 g/mol. The van der Waals surface area contributed by atoms with Crippen LogP contribution in [0.2, 0.25) is 10.0 Å². The number of methoxy groups -OCH3 is 2. The molecule has 1 aromatic carbocycles. The topological polar surface area (TPSA) is 119 Å². The van der Waals surface area contributed by atoms with E-state index in [1.807, 2.05) is 12.1 Å². The number of carbonyl (C=O) groups is 1. The number of hydrogen-bond donors (Lipinski definition) is 3. The number of hydrogen-bond acceptors (Lipinski definition) is 10. The minimum absolute atomic E-state index is 0.129. The molecule has 4 heterocycles. The van der Waals surface area contributed by atoms with Crippen molar-refractivity contribution in [2.45, 2.75) is 18.5 Å². The van der Waals surface area contributed by atoms with E-state index in [0.29, 0.717) is 70.6 Å². The molecule has 43 heavy (non-hydrogen) atoms. The number of nitrogens with zero attached hydrogens (tertiary/aromatic N) is 3. The second-order valence-corrected chi connectivity index (χ2v) is 11.0. The lowest BCUT2D eigenvalue weighted by molar-refractivity contribution is -0.117. The summed E-state index contributed by atoms with van der Waals surface area (Å²) in [5.74, 6) is 1.90. The fraction of sp³-hybridized carbons (Fsp3) is 0.433. The van der Waals surface area contributed by atoms with E-state index in [1.54, 1.807) is 12.3 Å². The predicted molar refractivity (Wildman–Crippen MR) is 169 cm³/mol. The summed E-state index contributed by atoms with van der Waals surface area (Å²) in [5, 5.41) is 12.3. The van der Waals surface area contributed by atoms with Crippen molar-refractivity contribution in [2.24, 2.45) is 0 Å². The van der Waals surface area contributed by atoms with Crippen molar-refractivity contribution in [3.63, 3.8) is 0 Å². The van der Waals surface area contributed by atoms with Crippen LogP contribution in [0.4, 0.5) is 11.6 Å². The maximum absolute atomic E-state index is 12.0. The van der Waals surface area contributed by atoms with E-state index >= 15 is 0 Å². The minimum Gasteiger partial charge on any atom is -0.495 e. The Morgan fingerprint density at radius 3 is 2.53 bits per heavy atom. The van der Waals surface area contributed by atoms with E-state index in [-0.39, 0.29) is 18.0 Å². The summed E-state index contributed by atoms with van der Waals surface area (Å²) < 4.78 is 22.2. The number of fused-ring (bicyclic) bond motifs is 1. The van der Waals surface area contributed by atoms with E-state index in [4.69, 9.17) is 47.1 Å². The van der Waals surface area contributed by atoms with Gasteiger partial charge in [-0.25, -0.2) is 9.97 Å². The van der Waals surface area contributed by atoms with E-state index in [1.165, 1.54) is 20.3 Å². The maximum Gasteiger partial charge on any atom is 0.243 e. The van der Waals surface area contributed by atoms with Gasteiger partial charge in [0, 0.05) is 61.4 Å². The molecular weight excluding hydrogens is 595 g/mol. The summed E-state index contributed by atoms with van der Waals surface area (Å²) in [6.07, 6.45) is 3.72. The third-order valence-electron chi connectivity index (χ3n) is 7.57. The molecule has 3 aromatic rings. The lowest BCUT2D eigenvalue weighted by Gasteiger charge is -2.32. The van der Waals surface area contributed by atoms with Crippen LogP contribution in [-0.2, 0) is 14.3 Å². The van der Waals surface area contributed by atoms with Gasteiger partial charge in [0.05, 0.1) is 61.9 Å². The highest BCUT2D eigenvalue weighted by Crippen LogP contribution is 2.46. The van der Waals surface area contributed by atoms with Crippen LogP contribution < -0.4 is 25.4 Å². The summed E-state index contributed by atoms with van der Waals surface area (Å²) in [6.45, 7) is 9.26. The smallest absolute Gasteiger partial charge is 0.243 e. The first-order chi connectivity index (χ1) is 20.9. The molecule has 3 N–H and O–H groups in total. The predicted octanol–water partition coefficient (Wildman–Crippen LogP) is 4.24. The van der Waals surface area contributed by atoms with Crippen LogP contribution in [-0.4, -0.2) is 99.7 Å². The molecule has 0 radical (unpaired) electrons. The molecule has 0 spiro atoms. The second kappa shape index (κ2) is 14.4. The first kappa shape index (κ1) is 31.1. The maximum atomic E-state index is 12.0. The standard InChI is InChI=1S/C30H36Cl2N6O5/c1-4-26(39)36-20-5-10-43-17-22(20)35-25-14-19-18(16-34-25)13-21(27-28(31)23(40-2)15-24(41-3)29(27)32)37-30(19)33-6-7-38-8-11-42-12-9-38/h4,13-16,20,22H,1,5-12,17H2,2-3H3,(H,33,37)(H,34,35)(H,36,39)/t20-,22+/m0/s1. The number of pyridine rings is 2. The molecule has 0 aliphatic carbocycles. The Morgan fingerprint density at radius 2 is 1.84 bits per heavy atom. The molecule has 0 unspecified atom stereocenters. The molecule has 2 aromatic heterocycles. The lowest BCUT2D eigenvalue weighted by atomic mass is 10.0. The SMILES string of the molecule is C=CC(=O)N[C@H]1CCOC[C@H]1Nc1cc2c(NCCN3CCOCC3)nc(-c3c(Cl)c(OC)cc(OC)c3Cl)cc2cn1. The number of carbonyl (C=O) groups excluding carboxylic acids is 1. The molecule has 11 nitrogen and oxygen atoms in total. The third kappa shape index (κ3) is 7.25. The molecule has 2 saturated heterocycles. The quantitative estimate of drug-likeness (QED) is 0.265. The summed E-state index contributed by atoms with van der Waals surface area (Å²) in [6, 6.07) is 5.18. The highest BCUT2D eigenvalue weighted by Gasteiger charge is 2.27. The first-order valence-corrected chi connectivity index (χ1v) is 14.9. The number of rotatable bonds is 11. The first-order valence-electron chi connectivity index (χ1n) is 14.1. The van der Waals surface area contributed by atoms with Crippen LogP contribution in [0.1, 0.15) is 6.42 Å². The Hall–Kier alpha value is -3.35. The van der Waals surface area contributed by atoms with Crippen LogP contribution in [0.3, 0.4) is 0 Å². The van der Waals surface area contributed by atoms with Gasteiger partial charge in [0.2, 0.25) is 5.91 Å². The van der Waals surface area contributed by atoms with Crippen molar-refractivity contribution in [3.05, 3.63) is 47.1 Å². The van der Waals surface area contributed by atoms with Crippen LogP contribution in [0, 0.1) is 0 Å². The van der Waals surface area contributed by atoms with E-state index < -0.39 is 0 Å². The van der Waals surface area contributed by atoms with Crippen molar-refractivity contribution < 1.29 is 23.7 Å². The molecule has 2 aliphatic rings. The van der Waals surface area contributed by atoms with Gasteiger partial charge >= 0.3 is 0 Å².